The molecule has 1 amide bonds. The zero-order chi connectivity index (χ0) is 16.8. The molecular weight excluding hydrogens is 302 g/mol. The summed E-state index contributed by atoms with van der Waals surface area (Å²) in [6.45, 7) is 9.04. The van der Waals surface area contributed by atoms with Crippen LogP contribution in [0.5, 0.6) is 0 Å². The van der Waals surface area contributed by atoms with Crippen LogP contribution < -0.4 is 5.32 Å². The maximum atomic E-state index is 12.1. The number of benzene rings is 1. The Hall–Kier alpha value is -1.43. The minimum atomic E-state index is -0.227. The van der Waals surface area contributed by atoms with Crippen molar-refractivity contribution in [2.24, 2.45) is 0 Å². The van der Waals surface area contributed by atoms with Crippen LogP contribution in [0.3, 0.4) is 0 Å². The Kier molecular flexibility index (Phi) is 6.24. The zero-order valence-electron chi connectivity index (χ0n) is 14.6. The largest absolute Gasteiger partial charge is 0.368 e. The summed E-state index contributed by atoms with van der Waals surface area (Å²) in [5.74, 6) is 0.0581. The highest BCUT2D eigenvalue weighted by Crippen LogP contribution is 2.12. The van der Waals surface area contributed by atoms with Gasteiger partial charge in [-0.25, -0.2) is 0 Å². The minimum absolute atomic E-state index is 0.0581. The Bertz CT molecular complexity index is 509. The highest BCUT2D eigenvalue weighted by Gasteiger charge is 2.25. The van der Waals surface area contributed by atoms with Gasteiger partial charge in [0.2, 0.25) is 5.91 Å². The molecule has 132 valence electrons. The summed E-state index contributed by atoms with van der Waals surface area (Å²) in [5, 5.41) is 3.10. The maximum Gasteiger partial charge on any atom is 0.249 e. The van der Waals surface area contributed by atoms with Crippen LogP contribution in [0.15, 0.2) is 30.3 Å². The van der Waals surface area contributed by atoms with Gasteiger partial charge >= 0.3 is 0 Å². The Balaban J connectivity index is 1.36. The number of carbonyl (C=O) groups excluding carboxylic acids is 1. The second kappa shape index (κ2) is 8.60. The molecule has 2 aliphatic rings. The maximum absolute atomic E-state index is 12.1. The molecule has 1 aromatic rings. The predicted octanol–water partition coefficient (Wildman–Crippen LogP) is 1.49. The Morgan fingerprint density at radius 2 is 1.92 bits per heavy atom. The van der Waals surface area contributed by atoms with Gasteiger partial charge in [0.05, 0.1) is 0 Å². The smallest absolute Gasteiger partial charge is 0.249 e. The van der Waals surface area contributed by atoms with E-state index < -0.39 is 0 Å². The van der Waals surface area contributed by atoms with Crippen LogP contribution >= 0.6 is 0 Å². The van der Waals surface area contributed by atoms with Crippen LogP contribution in [0.4, 0.5) is 0 Å². The molecule has 2 heterocycles. The summed E-state index contributed by atoms with van der Waals surface area (Å²) in [7, 11) is 0. The molecular formula is C19H29N3O2. The fourth-order valence-corrected chi connectivity index (χ4v) is 3.52. The Morgan fingerprint density at radius 3 is 2.58 bits per heavy atom. The fourth-order valence-electron chi connectivity index (χ4n) is 3.52. The van der Waals surface area contributed by atoms with Crippen molar-refractivity contribution < 1.29 is 9.53 Å². The monoisotopic (exact) mass is 331 g/mol. The third-order valence-electron chi connectivity index (χ3n) is 4.86. The number of piperazine rings is 1. The molecule has 0 aromatic heterocycles. The summed E-state index contributed by atoms with van der Waals surface area (Å²) in [6, 6.07) is 10.8. The van der Waals surface area contributed by atoms with Gasteiger partial charge < -0.3 is 10.1 Å². The topological polar surface area (TPSA) is 44.8 Å². The van der Waals surface area contributed by atoms with Crippen LogP contribution in [-0.4, -0.2) is 67.2 Å². The van der Waals surface area contributed by atoms with Crippen molar-refractivity contribution in [2.75, 3.05) is 39.3 Å². The highest BCUT2D eigenvalue weighted by atomic mass is 16.5. The van der Waals surface area contributed by atoms with E-state index in [9.17, 15) is 4.79 Å². The molecule has 2 saturated heterocycles. The van der Waals surface area contributed by atoms with E-state index in [0.29, 0.717) is 0 Å². The Morgan fingerprint density at radius 1 is 1.21 bits per heavy atom. The molecule has 1 unspecified atom stereocenters. The number of ether oxygens (including phenoxy) is 1. The van der Waals surface area contributed by atoms with E-state index in [1.165, 1.54) is 5.56 Å². The van der Waals surface area contributed by atoms with E-state index in [1.807, 2.05) is 0 Å². The number of nitrogens with zero attached hydrogens (tertiary/aromatic N) is 2. The molecule has 0 aliphatic carbocycles. The van der Waals surface area contributed by atoms with Crippen molar-refractivity contribution >= 4 is 5.91 Å². The summed E-state index contributed by atoms with van der Waals surface area (Å²) in [4.78, 5) is 17.0. The summed E-state index contributed by atoms with van der Waals surface area (Å²) in [6.07, 6.45) is 1.63. The SMILES string of the molecule is C[C@@H](CN1CCN(Cc2ccccc2)CC1)NC(=O)C1CCCO1. The molecule has 5 heteroatoms. The summed E-state index contributed by atoms with van der Waals surface area (Å²) >= 11 is 0. The van der Waals surface area contributed by atoms with Gasteiger partial charge in [-0.2, -0.15) is 0 Å². The first kappa shape index (κ1) is 17.4. The van der Waals surface area contributed by atoms with Gasteiger partial charge in [-0.3, -0.25) is 14.6 Å². The average molecular weight is 331 g/mol. The molecule has 2 aliphatic heterocycles. The fraction of sp³-hybridized carbons (Fsp3) is 0.632. The van der Waals surface area contributed by atoms with E-state index in [2.05, 4.69) is 52.4 Å². The molecule has 1 aromatic carbocycles. The number of nitrogens with one attached hydrogen (secondary N) is 1. The normalized spacial score (nSPS) is 24.0. The van der Waals surface area contributed by atoms with E-state index >= 15 is 0 Å². The van der Waals surface area contributed by atoms with Gasteiger partial charge in [-0.15, -0.1) is 0 Å². The molecule has 2 fully saturated rings. The summed E-state index contributed by atoms with van der Waals surface area (Å²) < 4.78 is 5.44. The van der Waals surface area contributed by atoms with Gasteiger partial charge in [-0.1, -0.05) is 30.3 Å². The third-order valence-corrected chi connectivity index (χ3v) is 4.86. The van der Waals surface area contributed by atoms with Crippen molar-refractivity contribution in [2.45, 2.75) is 38.5 Å². The Labute approximate surface area is 145 Å². The molecule has 0 radical (unpaired) electrons. The molecule has 24 heavy (non-hydrogen) atoms. The van der Waals surface area contributed by atoms with Crippen molar-refractivity contribution in [1.82, 2.24) is 15.1 Å². The lowest BCUT2D eigenvalue weighted by Gasteiger charge is -2.36. The minimum Gasteiger partial charge on any atom is -0.368 e. The molecule has 1 N–H and O–H groups in total. The first-order valence-electron chi connectivity index (χ1n) is 9.11. The predicted molar refractivity (Wildman–Crippen MR) is 94.7 cm³/mol. The molecule has 0 bridgehead atoms. The van der Waals surface area contributed by atoms with E-state index in [1.54, 1.807) is 0 Å². The van der Waals surface area contributed by atoms with Crippen LogP contribution in [0.25, 0.3) is 0 Å². The van der Waals surface area contributed by atoms with E-state index in [0.717, 1.165) is 58.7 Å². The van der Waals surface area contributed by atoms with Gasteiger partial charge in [0.25, 0.3) is 0 Å². The van der Waals surface area contributed by atoms with Crippen molar-refractivity contribution in [3.63, 3.8) is 0 Å². The van der Waals surface area contributed by atoms with Crippen LogP contribution in [0.1, 0.15) is 25.3 Å². The molecule has 2 atom stereocenters. The van der Waals surface area contributed by atoms with Crippen LogP contribution in [0, 0.1) is 0 Å². The number of hydrogen-bond acceptors (Lipinski definition) is 4. The van der Waals surface area contributed by atoms with E-state index in [-0.39, 0.29) is 18.1 Å². The van der Waals surface area contributed by atoms with Gasteiger partial charge in [0.15, 0.2) is 0 Å². The standard InChI is InChI=1S/C19H29N3O2/c1-16(20-19(23)18-8-5-13-24-18)14-21-9-11-22(12-10-21)15-17-6-3-2-4-7-17/h2-4,6-7,16,18H,5,8-15H2,1H3,(H,20,23)/t16-,18?/m0/s1. The van der Waals surface area contributed by atoms with Crippen molar-refractivity contribution in [1.29, 1.82) is 0 Å². The molecule has 3 rings (SSSR count). The second-order valence-electron chi connectivity index (χ2n) is 6.97. The van der Waals surface area contributed by atoms with Gasteiger partial charge in [0.1, 0.15) is 6.10 Å². The lowest BCUT2D eigenvalue weighted by atomic mass is 10.2. The van der Waals surface area contributed by atoms with Crippen LogP contribution in [-0.2, 0) is 16.1 Å². The highest BCUT2D eigenvalue weighted by molar-refractivity contribution is 5.81. The van der Waals surface area contributed by atoms with Crippen molar-refractivity contribution in [3.05, 3.63) is 35.9 Å². The quantitative estimate of drug-likeness (QED) is 0.858. The van der Waals surface area contributed by atoms with E-state index in [4.69, 9.17) is 4.74 Å². The summed E-state index contributed by atoms with van der Waals surface area (Å²) in [5.41, 5.74) is 1.38. The number of carbonyl (C=O) groups is 1. The zero-order valence-corrected chi connectivity index (χ0v) is 14.6. The van der Waals surface area contributed by atoms with Gasteiger partial charge in [0, 0.05) is 51.9 Å². The average Bonchev–Trinajstić information content (AvgIpc) is 3.12. The van der Waals surface area contributed by atoms with Crippen molar-refractivity contribution in [3.8, 4) is 0 Å². The van der Waals surface area contributed by atoms with Gasteiger partial charge in [-0.05, 0) is 25.3 Å². The molecule has 0 spiro atoms. The molecule has 0 saturated carbocycles. The lowest BCUT2D eigenvalue weighted by Crippen LogP contribution is -2.51. The number of rotatable bonds is 6. The first-order valence-corrected chi connectivity index (χ1v) is 9.11. The lowest BCUT2D eigenvalue weighted by molar-refractivity contribution is -0.130. The van der Waals surface area contributed by atoms with Crippen LogP contribution in [0.2, 0.25) is 0 Å². The first-order chi connectivity index (χ1) is 11.7. The molecule has 5 nitrogen and oxygen atoms in total. The third kappa shape index (κ3) is 5.03. The second-order valence-corrected chi connectivity index (χ2v) is 6.97. The number of amides is 1. The number of hydrogen-bond donors (Lipinski definition) is 1.